The summed E-state index contributed by atoms with van der Waals surface area (Å²) in [7, 11) is -2.19. The van der Waals surface area contributed by atoms with Gasteiger partial charge in [-0.05, 0) is 56.5 Å². The first-order valence-corrected chi connectivity index (χ1v) is 8.88. The molecule has 2 N–H and O–H groups in total. The zero-order chi connectivity index (χ0) is 15.6. The first kappa shape index (κ1) is 16.2. The summed E-state index contributed by atoms with van der Waals surface area (Å²) < 4.78 is 28.8. The Morgan fingerprint density at radius 2 is 1.62 bits per heavy atom. The highest BCUT2D eigenvalue weighted by atomic mass is 79.9. The lowest BCUT2D eigenvalue weighted by molar-refractivity contribution is 0.601. The minimum atomic E-state index is -3.80. The quantitative estimate of drug-likeness (QED) is 0.770. The van der Waals surface area contributed by atoms with E-state index >= 15 is 0 Å². The maximum absolute atomic E-state index is 12.5. The number of sulfonamides is 1. The lowest BCUT2D eigenvalue weighted by Crippen LogP contribution is -2.17. The van der Waals surface area contributed by atoms with Gasteiger partial charge < -0.3 is 5.32 Å². The van der Waals surface area contributed by atoms with Gasteiger partial charge in [0.15, 0.2) is 0 Å². The zero-order valence-corrected chi connectivity index (χ0v) is 15.2. The number of anilines is 2. The average molecular weight is 436 g/mol. The summed E-state index contributed by atoms with van der Waals surface area (Å²) in [5.74, 6) is 0.542. The van der Waals surface area contributed by atoms with Crippen LogP contribution in [-0.4, -0.2) is 25.4 Å². The fourth-order valence-electron chi connectivity index (χ4n) is 1.64. The Bertz CT molecular complexity index is 781. The van der Waals surface area contributed by atoms with Crippen molar-refractivity contribution in [1.82, 2.24) is 9.97 Å². The fraction of sp³-hybridized carbons (Fsp3) is 0.167. The van der Waals surface area contributed by atoms with Gasteiger partial charge in [-0.3, -0.25) is 4.72 Å². The van der Waals surface area contributed by atoms with Crippen molar-refractivity contribution >= 4 is 53.5 Å². The van der Waals surface area contributed by atoms with Crippen LogP contribution in [0, 0.1) is 6.92 Å². The maximum Gasteiger partial charge on any atom is 0.266 e. The molecule has 9 heteroatoms. The van der Waals surface area contributed by atoms with Gasteiger partial charge in [-0.15, -0.1) is 0 Å². The Kier molecular flexibility index (Phi) is 4.84. The minimum Gasteiger partial charge on any atom is -0.372 e. The van der Waals surface area contributed by atoms with E-state index in [0.29, 0.717) is 10.0 Å². The molecule has 2 aromatic rings. The molecule has 0 aromatic carbocycles. The number of hydrogen-bond donors (Lipinski definition) is 2. The Morgan fingerprint density at radius 3 is 2.19 bits per heavy atom. The van der Waals surface area contributed by atoms with Gasteiger partial charge in [0.2, 0.25) is 0 Å². The van der Waals surface area contributed by atoms with Crippen LogP contribution in [0.3, 0.4) is 0 Å². The van der Waals surface area contributed by atoms with Crippen LogP contribution in [0.4, 0.5) is 11.6 Å². The predicted molar refractivity (Wildman–Crippen MR) is 89.0 cm³/mol. The molecule has 2 rings (SSSR count). The van der Waals surface area contributed by atoms with E-state index in [1.165, 1.54) is 18.5 Å². The van der Waals surface area contributed by atoms with E-state index in [1.54, 1.807) is 20.0 Å². The third-order valence-electron chi connectivity index (χ3n) is 2.62. The van der Waals surface area contributed by atoms with Crippen LogP contribution in [0.15, 0.2) is 38.4 Å². The molecule has 0 aliphatic rings. The van der Waals surface area contributed by atoms with E-state index in [-0.39, 0.29) is 16.5 Å². The van der Waals surface area contributed by atoms with Crippen LogP contribution in [0.5, 0.6) is 0 Å². The van der Waals surface area contributed by atoms with Crippen LogP contribution in [0.25, 0.3) is 0 Å². The summed E-state index contributed by atoms with van der Waals surface area (Å²) >= 11 is 6.51. The monoisotopic (exact) mass is 434 g/mol. The fourth-order valence-corrected chi connectivity index (χ4v) is 3.84. The van der Waals surface area contributed by atoms with Crippen LogP contribution >= 0.6 is 31.9 Å². The molecule has 0 atom stereocenters. The second-order valence-corrected chi connectivity index (χ2v) is 7.66. The molecule has 0 saturated heterocycles. The van der Waals surface area contributed by atoms with Gasteiger partial charge in [0.1, 0.15) is 16.5 Å². The topological polar surface area (TPSA) is 84.0 Å². The standard InChI is InChI=1S/C12H12Br2N4O2S/c1-7-3-8(13)5-16-11(7)18-21(19,20)10-4-9(14)6-17-12(10)15-2/h3-6H,1-2H3,(H,15,17)(H,16,18). The Balaban J connectivity index is 2.45. The number of pyridine rings is 2. The van der Waals surface area contributed by atoms with Gasteiger partial charge in [-0.2, -0.15) is 0 Å². The summed E-state index contributed by atoms with van der Waals surface area (Å²) in [4.78, 5) is 8.16. The SMILES string of the molecule is CNc1ncc(Br)cc1S(=O)(=O)Nc1ncc(Br)cc1C. The van der Waals surface area contributed by atoms with Crippen molar-refractivity contribution in [3.05, 3.63) is 39.0 Å². The smallest absolute Gasteiger partial charge is 0.266 e. The van der Waals surface area contributed by atoms with Crippen LogP contribution < -0.4 is 10.0 Å². The zero-order valence-electron chi connectivity index (χ0n) is 11.2. The van der Waals surface area contributed by atoms with E-state index < -0.39 is 10.0 Å². The molecule has 0 aliphatic heterocycles. The van der Waals surface area contributed by atoms with Gasteiger partial charge in [0.25, 0.3) is 10.0 Å². The van der Waals surface area contributed by atoms with E-state index in [1.807, 2.05) is 0 Å². The molecule has 2 heterocycles. The molecule has 0 saturated carbocycles. The molecular weight excluding hydrogens is 424 g/mol. The second-order valence-electron chi connectivity index (χ2n) is 4.17. The number of halogens is 2. The molecule has 2 aromatic heterocycles. The highest BCUT2D eigenvalue weighted by Gasteiger charge is 2.21. The number of rotatable bonds is 4. The van der Waals surface area contributed by atoms with Crippen molar-refractivity contribution in [1.29, 1.82) is 0 Å². The van der Waals surface area contributed by atoms with Crippen LogP contribution in [-0.2, 0) is 10.0 Å². The predicted octanol–water partition coefficient (Wildman–Crippen LogP) is 3.15. The summed E-state index contributed by atoms with van der Waals surface area (Å²) in [6, 6.07) is 3.26. The van der Waals surface area contributed by atoms with Crippen molar-refractivity contribution in [3.63, 3.8) is 0 Å². The third kappa shape index (κ3) is 3.72. The number of hydrogen-bond acceptors (Lipinski definition) is 5. The maximum atomic E-state index is 12.5. The number of aromatic nitrogens is 2. The van der Waals surface area contributed by atoms with Crippen molar-refractivity contribution < 1.29 is 8.42 Å². The number of nitrogens with one attached hydrogen (secondary N) is 2. The van der Waals surface area contributed by atoms with Crippen molar-refractivity contribution in [2.75, 3.05) is 17.1 Å². The summed E-state index contributed by atoms with van der Waals surface area (Å²) in [6.07, 6.45) is 3.05. The highest BCUT2D eigenvalue weighted by Crippen LogP contribution is 2.26. The molecule has 6 nitrogen and oxygen atoms in total. The van der Waals surface area contributed by atoms with Crippen LogP contribution in [0.1, 0.15) is 5.56 Å². The minimum absolute atomic E-state index is 0.0449. The van der Waals surface area contributed by atoms with Gasteiger partial charge in [0.05, 0.1) is 0 Å². The molecule has 112 valence electrons. The van der Waals surface area contributed by atoms with Gasteiger partial charge >= 0.3 is 0 Å². The second kappa shape index (κ2) is 6.29. The average Bonchev–Trinajstić information content (AvgIpc) is 2.42. The lowest BCUT2D eigenvalue weighted by atomic mass is 10.3. The van der Waals surface area contributed by atoms with Crippen molar-refractivity contribution in [2.45, 2.75) is 11.8 Å². The summed E-state index contributed by atoms with van der Waals surface area (Å²) in [6.45, 7) is 1.77. The highest BCUT2D eigenvalue weighted by molar-refractivity contribution is 9.10. The Hall–Kier alpha value is -1.19. The Labute approximate surface area is 139 Å². The molecule has 0 radical (unpaired) electrons. The molecule has 0 fully saturated rings. The van der Waals surface area contributed by atoms with E-state index in [4.69, 9.17) is 0 Å². The van der Waals surface area contributed by atoms with Crippen molar-refractivity contribution in [2.24, 2.45) is 0 Å². The largest absolute Gasteiger partial charge is 0.372 e. The van der Waals surface area contributed by atoms with E-state index in [0.717, 1.165) is 4.47 Å². The summed E-state index contributed by atoms with van der Waals surface area (Å²) in [5, 5.41) is 2.76. The van der Waals surface area contributed by atoms with Gasteiger partial charge in [0, 0.05) is 28.4 Å². The van der Waals surface area contributed by atoms with Crippen molar-refractivity contribution in [3.8, 4) is 0 Å². The normalized spacial score (nSPS) is 11.2. The molecule has 21 heavy (non-hydrogen) atoms. The first-order valence-electron chi connectivity index (χ1n) is 5.82. The van der Waals surface area contributed by atoms with Gasteiger partial charge in [-0.25, -0.2) is 18.4 Å². The van der Waals surface area contributed by atoms with Crippen LogP contribution in [0.2, 0.25) is 0 Å². The van der Waals surface area contributed by atoms with Gasteiger partial charge in [-0.1, -0.05) is 0 Å². The number of nitrogens with zero attached hydrogens (tertiary/aromatic N) is 2. The summed E-state index contributed by atoms with van der Waals surface area (Å²) in [5.41, 5.74) is 0.710. The van der Waals surface area contributed by atoms with E-state index in [9.17, 15) is 8.42 Å². The molecule has 0 amide bonds. The molecule has 0 unspecified atom stereocenters. The third-order valence-corrected chi connectivity index (χ3v) is 4.84. The molecule has 0 aliphatic carbocycles. The molecule has 0 spiro atoms. The lowest BCUT2D eigenvalue weighted by Gasteiger charge is -2.12. The first-order chi connectivity index (χ1) is 9.83. The van der Waals surface area contributed by atoms with E-state index in [2.05, 4.69) is 51.9 Å². The molecular formula is C12H12Br2N4O2S. The Morgan fingerprint density at radius 1 is 1.05 bits per heavy atom. The number of aryl methyl sites for hydroxylation is 1. The molecule has 0 bridgehead atoms.